The van der Waals surface area contributed by atoms with Crippen LogP contribution in [0.1, 0.15) is 24.5 Å². The number of hydrogen-bond acceptors (Lipinski definition) is 4. The molecule has 0 aliphatic rings. The highest BCUT2D eigenvalue weighted by Crippen LogP contribution is 2.32. The molecule has 1 unspecified atom stereocenters. The van der Waals surface area contributed by atoms with Crippen molar-refractivity contribution in [3.8, 4) is 0 Å². The van der Waals surface area contributed by atoms with Gasteiger partial charge in [-0.25, -0.2) is 0 Å². The van der Waals surface area contributed by atoms with Gasteiger partial charge in [0.2, 0.25) is 0 Å². The molecule has 3 aromatic rings. The minimum absolute atomic E-state index is 0.0450. The number of H-pyrrole nitrogens is 1. The van der Waals surface area contributed by atoms with Crippen molar-refractivity contribution in [1.29, 1.82) is 0 Å². The second kappa shape index (κ2) is 8.08. The third-order valence-corrected chi connectivity index (χ3v) is 4.72. The second-order valence-corrected chi connectivity index (χ2v) is 6.91. The summed E-state index contributed by atoms with van der Waals surface area (Å²) in [7, 11) is 1.32. The van der Waals surface area contributed by atoms with Crippen molar-refractivity contribution < 1.29 is 19.1 Å². The lowest BCUT2D eigenvalue weighted by Crippen LogP contribution is -2.35. The van der Waals surface area contributed by atoms with Gasteiger partial charge < -0.3 is 14.5 Å². The smallest absolute Gasteiger partial charge is 0.313 e. The zero-order chi connectivity index (χ0) is 19.3. The summed E-state index contributed by atoms with van der Waals surface area (Å²) in [5.74, 6) is -0.851. The number of aromatic amines is 1. The highest BCUT2D eigenvalue weighted by Gasteiger charge is 2.38. The minimum Gasteiger partial charge on any atom is -0.469 e. The summed E-state index contributed by atoms with van der Waals surface area (Å²) in [6.45, 7) is 1.92. The van der Waals surface area contributed by atoms with Crippen molar-refractivity contribution in [3.63, 3.8) is 0 Å². The number of fused-ring (bicyclic) bond motifs is 1. The standard InChI is InChI=1S/C22H23NO4/c1-22(13-20(24)26-2,21(25)27-15-16-8-4-3-5-9-16)12-17-14-23-19-11-7-6-10-18(17)19/h3-11,14,23H,12-13,15H2,1-2H3. The van der Waals surface area contributed by atoms with Gasteiger partial charge in [-0.2, -0.15) is 0 Å². The molecule has 0 amide bonds. The number of benzene rings is 2. The average Bonchev–Trinajstić information content (AvgIpc) is 3.09. The maximum atomic E-state index is 12.9. The molecule has 140 valence electrons. The molecule has 0 aliphatic heterocycles. The molecule has 0 fully saturated rings. The Morgan fingerprint density at radius 2 is 1.74 bits per heavy atom. The van der Waals surface area contributed by atoms with Crippen LogP contribution in [0.15, 0.2) is 60.8 Å². The molecule has 0 bridgehead atoms. The average molecular weight is 365 g/mol. The summed E-state index contributed by atoms with van der Waals surface area (Å²) >= 11 is 0. The Hall–Kier alpha value is -3.08. The van der Waals surface area contributed by atoms with Crippen LogP contribution in [-0.4, -0.2) is 24.0 Å². The van der Waals surface area contributed by atoms with Gasteiger partial charge in [0.25, 0.3) is 0 Å². The normalized spacial score (nSPS) is 13.1. The molecule has 0 spiro atoms. The molecule has 0 saturated carbocycles. The van der Waals surface area contributed by atoms with E-state index in [0.29, 0.717) is 6.42 Å². The maximum Gasteiger partial charge on any atom is 0.313 e. The number of carbonyl (C=O) groups excluding carboxylic acids is 2. The molecular formula is C22H23NO4. The predicted molar refractivity (Wildman–Crippen MR) is 103 cm³/mol. The Kier molecular flexibility index (Phi) is 5.60. The minimum atomic E-state index is -1.02. The molecule has 2 aromatic carbocycles. The van der Waals surface area contributed by atoms with Gasteiger partial charge in [0.1, 0.15) is 6.61 Å². The van der Waals surface area contributed by atoms with Gasteiger partial charge in [0.05, 0.1) is 18.9 Å². The van der Waals surface area contributed by atoms with E-state index in [1.807, 2.05) is 60.8 Å². The molecule has 0 radical (unpaired) electrons. The number of methoxy groups -OCH3 is 1. The van der Waals surface area contributed by atoms with Crippen molar-refractivity contribution in [2.75, 3.05) is 7.11 Å². The molecule has 1 heterocycles. The SMILES string of the molecule is COC(=O)CC(C)(Cc1c[nH]c2ccccc12)C(=O)OCc1ccccc1. The first-order valence-electron chi connectivity index (χ1n) is 8.85. The zero-order valence-corrected chi connectivity index (χ0v) is 15.5. The maximum absolute atomic E-state index is 12.9. The van der Waals surface area contributed by atoms with E-state index in [-0.39, 0.29) is 13.0 Å². The Morgan fingerprint density at radius 3 is 2.48 bits per heavy atom. The topological polar surface area (TPSA) is 68.4 Å². The highest BCUT2D eigenvalue weighted by molar-refractivity contribution is 5.86. The lowest BCUT2D eigenvalue weighted by molar-refractivity contribution is -0.162. The fraction of sp³-hybridized carbons (Fsp3) is 0.273. The molecule has 1 atom stereocenters. The third-order valence-electron chi connectivity index (χ3n) is 4.72. The van der Waals surface area contributed by atoms with Crippen LogP contribution >= 0.6 is 0 Å². The van der Waals surface area contributed by atoms with E-state index in [2.05, 4.69) is 4.98 Å². The fourth-order valence-electron chi connectivity index (χ4n) is 3.19. The number of aromatic nitrogens is 1. The van der Waals surface area contributed by atoms with E-state index >= 15 is 0 Å². The molecule has 1 aromatic heterocycles. The number of ether oxygens (including phenoxy) is 2. The van der Waals surface area contributed by atoms with E-state index in [9.17, 15) is 9.59 Å². The van der Waals surface area contributed by atoms with Crippen molar-refractivity contribution in [2.45, 2.75) is 26.4 Å². The van der Waals surface area contributed by atoms with Gasteiger partial charge in [0, 0.05) is 17.1 Å². The summed E-state index contributed by atoms with van der Waals surface area (Å²) in [5, 5.41) is 1.03. The van der Waals surface area contributed by atoms with Crippen molar-refractivity contribution in [3.05, 3.63) is 71.9 Å². The van der Waals surface area contributed by atoms with Crippen LogP contribution in [0.2, 0.25) is 0 Å². The number of nitrogens with one attached hydrogen (secondary N) is 1. The largest absolute Gasteiger partial charge is 0.469 e. The quantitative estimate of drug-likeness (QED) is 0.642. The van der Waals surface area contributed by atoms with Gasteiger partial charge in [-0.15, -0.1) is 0 Å². The molecule has 3 rings (SSSR count). The molecule has 5 heteroatoms. The Balaban J connectivity index is 1.82. The fourth-order valence-corrected chi connectivity index (χ4v) is 3.19. The van der Waals surface area contributed by atoms with Gasteiger partial charge in [-0.3, -0.25) is 9.59 Å². The summed E-state index contributed by atoms with van der Waals surface area (Å²) in [6, 6.07) is 17.3. The number of para-hydroxylation sites is 1. The van der Waals surface area contributed by atoms with Crippen LogP contribution in [0, 0.1) is 5.41 Å². The predicted octanol–water partition coefficient (Wildman–Crippen LogP) is 4.02. The number of hydrogen-bond donors (Lipinski definition) is 1. The summed E-state index contributed by atoms with van der Waals surface area (Å²) in [6.07, 6.45) is 2.21. The van der Waals surface area contributed by atoms with E-state index in [1.54, 1.807) is 6.92 Å². The molecule has 27 heavy (non-hydrogen) atoms. The molecular weight excluding hydrogens is 342 g/mol. The van der Waals surface area contributed by atoms with Crippen LogP contribution < -0.4 is 0 Å². The van der Waals surface area contributed by atoms with Crippen LogP contribution in [0.3, 0.4) is 0 Å². The van der Waals surface area contributed by atoms with E-state index in [4.69, 9.17) is 9.47 Å². The first-order valence-corrected chi connectivity index (χ1v) is 8.85. The number of rotatable bonds is 7. The van der Waals surface area contributed by atoms with E-state index in [1.165, 1.54) is 7.11 Å². The summed E-state index contributed by atoms with van der Waals surface area (Å²) in [5.41, 5.74) is 1.84. The first kappa shape index (κ1) is 18.7. The van der Waals surface area contributed by atoms with Crippen LogP contribution in [0.5, 0.6) is 0 Å². The zero-order valence-electron chi connectivity index (χ0n) is 15.5. The van der Waals surface area contributed by atoms with E-state index < -0.39 is 17.4 Å². The Morgan fingerprint density at radius 1 is 1.04 bits per heavy atom. The van der Waals surface area contributed by atoms with Crippen LogP contribution in [0.4, 0.5) is 0 Å². The highest BCUT2D eigenvalue weighted by atomic mass is 16.5. The monoisotopic (exact) mass is 365 g/mol. The van der Waals surface area contributed by atoms with Crippen LogP contribution in [-0.2, 0) is 32.1 Å². The van der Waals surface area contributed by atoms with Crippen molar-refractivity contribution in [1.82, 2.24) is 4.98 Å². The molecule has 0 saturated heterocycles. The lowest BCUT2D eigenvalue weighted by Gasteiger charge is -2.26. The summed E-state index contributed by atoms with van der Waals surface area (Å²) in [4.78, 5) is 28.1. The molecule has 0 aliphatic carbocycles. The van der Waals surface area contributed by atoms with Gasteiger partial charge in [-0.05, 0) is 30.5 Å². The third kappa shape index (κ3) is 4.37. The van der Waals surface area contributed by atoms with Crippen LogP contribution in [0.25, 0.3) is 10.9 Å². The summed E-state index contributed by atoms with van der Waals surface area (Å²) < 4.78 is 10.4. The Labute approximate surface area is 158 Å². The molecule has 5 nitrogen and oxygen atoms in total. The Bertz CT molecular complexity index is 932. The van der Waals surface area contributed by atoms with Crippen molar-refractivity contribution >= 4 is 22.8 Å². The van der Waals surface area contributed by atoms with Crippen molar-refractivity contribution in [2.24, 2.45) is 5.41 Å². The molecule has 1 N–H and O–H groups in total. The number of carbonyl (C=O) groups is 2. The van der Waals surface area contributed by atoms with Gasteiger partial charge in [0.15, 0.2) is 0 Å². The second-order valence-electron chi connectivity index (χ2n) is 6.91. The van der Waals surface area contributed by atoms with Gasteiger partial charge in [-0.1, -0.05) is 48.5 Å². The first-order chi connectivity index (χ1) is 13.0. The van der Waals surface area contributed by atoms with Gasteiger partial charge >= 0.3 is 11.9 Å². The number of esters is 2. The van der Waals surface area contributed by atoms with E-state index in [0.717, 1.165) is 22.0 Å². The lowest BCUT2D eigenvalue weighted by atomic mass is 9.80.